The number of piperidine rings is 1. The van der Waals surface area contributed by atoms with E-state index in [1.165, 1.54) is 0 Å². The van der Waals surface area contributed by atoms with Gasteiger partial charge in [0.15, 0.2) is 0 Å². The zero-order chi connectivity index (χ0) is 15.6. The molecular weight excluding hydrogens is 282 g/mol. The molecule has 1 aromatic carbocycles. The van der Waals surface area contributed by atoms with Gasteiger partial charge in [-0.15, -0.1) is 0 Å². The fourth-order valence-corrected chi connectivity index (χ4v) is 2.47. The van der Waals surface area contributed by atoms with Gasteiger partial charge in [0.2, 0.25) is 0 Å². The Morgan fingerprint density at radius 2 is 1.95 bits per heavy atom. The maximum atomic E-state index is 12.0. The van der Waals surface area contributed by atoms with Crippen LogP contribution in [0.4, 0.5) is 4.79 Å². The van der Waals surface area contributed by atoms with E-state index in [4.69, 9.17) is 9.47 Å². The highest BCUT2D eigenvalue weighted by molar-refractivity contribution is 5.67. The number of rotatable bonds is 7. The molecule has 5 heteroatoms. The first kappa shape index (κ1) is 16.5. The van der Waals surface area contributed by atoms with E-state index in [1.807, 2.05) is 30.3 Å². The number of hydrogen-bond acceptors (Lipinski definition) is 4. The van der Waals surface area contributed by atoms with Crippen LogP contribution in [-0.2, 0) is 20.9 Å². The molecule has 1 amide bonds. The van der Waals surface area contributed by atoms with Crippen LogP contribution in [0.1, 0.15) is 24.8 Å². The lowest BCUT2D eigenvalue weighted by Gasteiger charge is -2.31. The first-order chi connectivity index (χ1) is 10.8. The molecule has 0 saturated carbocycles. The predicted molar refractivity (Wildman–Crippen MR) is 82.4 cm³/mol. The number of nitrogens with zero attached hydrogens (tertiary/aromatic N) is 1. The second-order valence-corrected chi connectivity index (χ2v) is 5.50. The van der Waals surface area contributed by atoms with E-state index in [0.717, 1.165) is 24.7 Å². The summed E-state index contributed by atoms with van der Waals surface area (Å²) in [6.07, 6.45) is 2.91. The molecule has 0 spiro atoms. The van der Waals surface area contributed by atoms with E-state index in [9.17, 15) is 9.59 Å². The standard InChI is InChI=1S/C17H23NO4/c19-11-4-12-21-13-16-7-9-18(10-8-16)17(20)22-14-15-5-2-1-3-6-15/h1-3,5-6,11,16H,4,7-10,12-14H2. The fourth-order valence-electron chi connectivity index (χ4n) is 2.47. The molecule has 1 heterocycles. The SMILES string of the molecule is O=CCCOCC1CCN(C(=O)OCc2ccccc2)CC1. The van der Waals surface area contributed by atoms with Crippen LogP contribution in [-0.4, -0.2) is 43.6 Å². The van der Waals surface area contributed by atoms with E-state index in [0.29, 0.717) is 45.2 Å². The first-order valence-corrected chi connectivity index (χ1v) is 7.76. The van der Waals surface area contributed by atoms with Gasteiger partial charge in [-0.1, -0.05) is 30.3 Å². The van der Waals surface area contributed by atoms with Crippen molar-refractivity contribution in [3.8, 4) is 0 Å². The van der Waals surface area contributed by atoms with Crippen LogP contribution in [0.25, 0.3) is 0 Å². The molecule has 120 valence electrons. The summed E-state index contributed by atoms with van der Waals surface area (Å²) in [6, 6.07) is 9.68. The van der Waals surface area contributed by atoms with Crippen molar-refractivity contribution < 1.29 is 19.1 Å². The van der Waals surface area contributed by atoms with Crippen LogP contribution in [0.5, 0.6) is 0 Å². The molecule has 0 atom stereocenters. The third-order valence-corrected chi connectivity index (χ3v) is 3.81. The van der Waals surface area contributed by atoms with Gasteiger partial charge in [0.25, 0.3) is 0 Å². The summed E-state index contributed by atoms with van der Waals surface area (Å²) in [4.78, 5) is 24.0. The number of benzene rings is 1. The van der Waals surface area contributed by atoms with Crippen LogP contribution < -0.4 is 0 Å². The van der Waals surface area contributed by atoms with Gasteiger partial charge in [-0.2, -0.15) is 0 Å². The average Bonchev–Trinajstić information content (AvgIpc) is 2.58. The van der Waals surface area contributed by atoms with Crippen LogP contribution in [0.15, 0.2) is 30.3 Å². The topological polar surface area (TPSA) is 55.8 Å². The van der Waals surface area contributed by atoms with Crippen LogP contribution in [0.3, 0.4) is 0 Å². The Morgan fingerprint density at radius 3 is 2.64 bits per heavy atom. The summed E-state index contributed by atoms with van der Waals surface area (Å²) in [7, 11) is 0. The lowest BCUT2D eigenvalue weighted by Crippen LogP contribution is -2.39. The summed E-state index contributed by atoms with van der Waals surface area (Å²) in [6.45, 7) is 2.88. The molecule has 0 N–H and O–H groups in total. The Kier molecular flexibility index (Phi) is 6.90. The van der Waals surface area contributed by atoms with Crippen molar-refractivity contribution in [1.82, 2.24) is 4.90 Å². The number of carbonyl (C=O) groups excluding carboxylic acids is 2. The molecule has 5 nitrogen and oxygen atoms in total. The molecule has 1 aromatic rings. The predicted octanol–water partition coefficient (Wildman–Crippen LogP) is 2.64. The Morgan fingerprint density at radius 1 is 1.23 bits per heavy atom. The molecule has 1 aliphatic heterocycles. The van der Waals surface area contributed by atoms with E-state index in [1.54, 1.807) is 4.90 Å². The van der Waals surface area contributed by atoms with E-state index >= 15 is 0 Å². The highest BCUT2D eigenvalue weighted by Gasteiger charge is 2.23. The molecule has 1 aliphatic rings. The van der Waals surface area contributed by atoms with Gasteiger partial charge < -0.3 is 19.2 Å². The number of carbonyl (C=O) groups is 2. The summed E-state index contributed by atoms with van der Waals surface area (Å²) in [5, 5.41) is 0. The number of ether oxygens (including phenoxy) is 2. The lowest BCUT2D eigenvalue weighted by molar-refractivity contribution is -0.108. The van der Waals surface area contributed by atoms with Crippen molar-refractivity contribution in [2.45, 2.75) is 25.9 Å². The van der Waals surface area contributed by atoms with Crippen LogP contribution in [0.2, 0.25) is 0 Å². The Hall–Kier alpha value is -1.88. The van der Waals surface area contributed by atoms with Crippen molar-refractivity contribution in [2.24, 2.45) is 5.92 Å². The van der Waals surface area contributed by atoms with Gasteiger partial charge in [0, 0.05) is 26.1 Å². The molecule has 0 unspecified atom stereocenters. The maximum Gasteiger partial charge on any atom is 0.410 e. The molecule has 0 aromatic heterocycles. The van der Waals surface area contributed by atoms with Crippen LogP contribution in [0, 0.1) is 5.92 Å². The number of aldehydes is 1. The Labute approximate surface area is 131 Å². The van der Waals surface area contributed by atoms with Crippen molar-refractivity contribution in [3.63, 3.8) is 0 Å². The van der Waals surface area contributed by atoms with E-state index in [-0.39, 0.29) is 6.09 Å². The fraction of sp³-hybridized carbons (Fsp3) is 0.529. The number of amides is 1. The minimum atomic E-state index is -0.246. The minimum Gasteiger partial charge on any atom is -0.445 e. The molecular formula is C17H23NO4. The monoisotopic (exact) mass is 305 g/mol. The Bertz CT molecular complexity index is 455. The van der Waals surface area contributed by atoms with Gasteiger partial charge in [-0.25, -0.2) is 4.79 Å². The molecule has 2 rings (SSSR count). The van der Waals surface area contributed by atoms with Crippen molar-refractivity contribution in [2.75, 3.05) is 26.3 Å². The Balaban J connectivity index is 1.63. The second kappa shape index (κ2) is 9.20. The summed E-state index contributed by atoms with van der Waals surface area (Å²) >= 11 is 0. The van der Waals surface area contributed by atoms with E-state index in [2.05, 4.69) is 0 Å². The van der Waals surface area contributed by atoms with Gasteiger partial charge in [0.05, 0.1) is 6.61 Å². The van der Waals surface area contributed by atoms with Gasteiger partial charge in [0.1, 0.15) is 12.9 Å². The minimum absolute atomic E-state index is 0.246. The zero-order valence-electron chi connectivity index (χ0n) is 12.8. The molecule has 0 radical (unpaired) electrons. The van der Waals surface area contributed by atoms with Crippen molar-refractivity contribution in [3.05, 3.63) is 35.9 Å². The molecule has 22 heavy (non-hydrogen) atoms. The quantitative estimate of drug-likeness (QED) is 0.574. The highest BCUT2D eigenvalue weighted by Crippen LogP contribution is 2.18. The average molecular weight is 305 g/mol. The summed E-state index contributed by atoms with van der Waals surface area (Å²) < 4.78 is 10.8. The van der Waals surface area contributed by atoms with Gasteiger partial charge in [-0.3, -0.25) is 0 Å². The van der Waals surface area contributed by atoms with Gasteiger partial charge >= 0.3 is 6.09 Å². The third-order valence-electron chi connectivity index (χ3n) is 3.81. The van der Waals surface area contributed by atoms with Crippen molar-refractivity contribution >= 4 is 12.4 Å². The summed E-state index contributed by atoms with van der Waals surface area (Å²) in [5.74, 6) is 0.463. The number of hydrogen-bond donors (Lipinski definition) is 0. The molecule has 0 bridgehead atoms. The maximum absolute atomic E-state index is 12.0. The normalized spacial score (nSPS) is 15.5. The largest absolute Gasteiger partial charge is 0.445 e. The second-order valence-electron chi connectivity index (χ2n) is 5.50. The first-order valence-electron chi connectivity index (χ1n) is 7.76. The van der Waals surface area contributed by atoms with E-state index < -0.39 is 0 Å². The third kappa shape index (κ3) is 5.48. The molecule has 0 aliphatic carbocycles. The van der Waals surface area contributed by atoms with Crippen LogP contribution >= 0.6 is 0 Å². The lowest BCUT2D eigenvalue weighted by atomic mass is 9.98. The van der Waals surface area contributed by atoms with Gasteiger partial charge in [-0.05, 0) is 24.3 Å². The van der Waals surface area contributed by atoms with Crippen molar-refractivity contribution in [1.29, 1.82) is 0 Å². The summed E-state index contributed by atoms with van der Waals surface area (Å²) in [5.41, 5.74) is 0.995. The highest BCUT2D eigenvalue weighted by atomic mass is 16.6. The number of likely N-dealkylation sites (tertiary alicyclic amines) is 1. The zero-order valence-corrected chi connectivity index (χ0v) is 12.8. The smallest absolute Gasteiger partial charge is 0.410 e. The molecule has 1 fully saturated rings. The molecule has 1 saturated heterocycles.